The summed E-state index contributed by atoms with van der Waals surface area (Å²) in [5.74, 6) is 1.50. The van der Waals surface area contributed by atoms with E-state index in [1.165, 1.54) is 36.4 Å². The maximum Gasteiger partial charge on any atom is 0.421 e. The minimum Gasteiger partial charge on any atom is -0.491 e. The fourth-order valence-electron chi connectivity index (χ4n) is 9.13. The van der Waals surface area contributed by atoms with Gasteiger partial charge in [-0.25, -0.2) is 14.5 Å². The van der Waals surface area contributed by atoms with Gasteiger partial charge in [-0.2, -0.15) is 0 Å². The number of non-ortho nitro benzene ring substituents is 1. The van der Waals surface area contributed by atoms with Crippen LogP contribution in [0, 0.1) is 27.9 Å². The van der Waals surface area contributed by atoms with E-state index in [1.54, 1.807) is 59.5 Å². The number of hydrogen-bond acceptors (Lipinski definition) is 12. The van der Waals surface area contributed by atoms with E-state index in [0.29, 0.717) is 33.6 Å². The van der Waals surface area contributed by atoms with Gasteiger partial charge in [-0.3, -0.25) is 29.4 Å². The normalized spacial score (nSPS) is 22.1. The summed E-state index contributed by atoms with van der Waals surface area (Å²) in [5, 5.41) is 23.3. The number of nitrogens with zero attached hydrogens (tertiary/aromatic N) is 3. The number of nitro groups is 1. The Kier molecular flexibility index (Phi) is 11.8. The maximum atomic E-state index is 16.0. The fourth-order valence-corrected chi connectivity index (χ4v) is 9.13. The van der Waals surface area contributed by atoms with Gasteiger partial charge in [0.25, 0.3) is 5.69 Å². The highest BCUT2D eigenvalue weighted by molar-refractivity contribution is 6.23. The van der Waals surface area contributed by atoms with E-state index in [9.17, 15) is 34.4 Å². The van der Waals surface area contributed by atoms with Crippen LogP contribution in [0.4, 0.5) is 21.0 Å². The van der Waals surface area contributed by atoms with Crippen LogP contribution in [0.3, 0.4) is 0 Å². The Bertz CT molecular complexity index is 2710. The van der Waals surface area contributed by atoms with Gasteiger partial charge < -0.3 is 36.1 Å². The predicted octanol–water partition coefficient (Wildman–Crippen LogP) is 4.47. The number of imide groups is 1. The van der Waals surface area contributed by atoms with Crippen LogP contribution in [0.15, 0.2) is 127 Å². The van der Waals surface area contributed by atoms with E-state index >= 15 is 4.79 Å². The number of esters is 1. The number of hydrogen-bond donors (Lipinski definition) is 4. The standard InChI is InChI=1S/C47H40N6O11/c48-42(55)37-39-43(56)64-40(31-12-5-2-6-13-31)38(30-10-3-1-4-11-30)52(39)41(32-14-7-15-34(26-32)62-24-23-54)47(37)35-25-28(9-8-22-50-45(49)58)18-21-36(35)51(44(47)57)46(59)63-27-29-16-19-33(20-17-29)53(60)61/h1-7,10-21,25-26,37-41,54H,22-24,27H2,(H2,48,55)(H3,49,50,58)/t37-,38-,39-,40+,41+,47-/m1/s1. The molecule has 3 aliphatic rings. The zero-order valence-electron chi connectivity index (χ0n) is 33.9. The molecule has 0 aliphatic carbocycles. The monoisotopic (exact) mass is 864 g/mol. The number of amides is 5. The number of nitrogens with two attached hydrogens (primary N) is 2. The van der Waals surface area contributed by atoms with Crippen LogP contribution in [0.25, 0.3) is 0 Å². The first kappa shape index (κ1) is 42.6. The van der Waals surface area contributed by atoms with Crippen LogP contribution >= 0.6 is 0 Å². The molecule has 17 nitrogen and oxygen atoms in total. The molecule has 0 saturated carbocycles. The summed E-state index contributed by atoms with van der Waals surface area (Å²) in [5.41, 5.74) is 11.8. The third kappa shape index (κ3) is 7.61. The SMILES string of the molecule is NC(=O)NCC#Cc1ccc2c(c1)[C@]1(C(=O)N2C(=O)OCc2ccc([N+](=O)[O-])cc2)[C@H](c2cccc(OCCO)c2)N2[C@H](c3ccccc3)[C@H](c3ccccc3)OC(=O)[C@H]2[C@@H]1C(N)=O. The lowest BCUT2D eigenvalue weighted by atomic mass is 9.65. The highest BCUT2D eigenvalue weighted by Crippen LogP contribution is 2.66. The summed E-state index contributed by atoms with van der Waals surface area (Å²) in [4.78, 5) is 84.5. The van der Waals surface area contributed by atoms with Gasteiger partial charge in [0.15, 0.2) is 0 Å². The van der Waals surface area contributed by atoms with Crippen molar-refractivity contribution in [2.75, 3.05) is 24.7 Å². The summed E-state index contributed by atoms with van der Waals surface area (Å²) in [6.45, 7) is -0.917. The van der Waals surface area contributed by atoms with Gasteiger partial charge >= 0.3 is 18.1 Å². The lowest BCUT2D eigenvalue weighted by Crippen LogP contribution is -2.55. The molecule has 2 saturated heterocycles. The summed E-state index contributed by atoms with van der Waals surface area (Å²) in [6, 6.07) is 30.2. The molecule has 3 heterocycles. The van der Waals surface area contributed by atoms with Crippen molar-refractivity contribution in [2.45, 2.75) is 36.3 Å². The first-order chi connectivity index (χ1) is 30.9. The van der Waals surface area contributed by atoms with Gasteiger partial charge in [0.2, 0.25) is 11.8 Å². The molecule has 5 aromatic carbocycles. The number of morpholine rings is 1. The number of aliphatic hydroxyl groups is 1. The number of ether oxygens (including phenoxy) is 3. The van der Waals surface area contributed by atoms with Crippen LogP contribution in [0.1, 0.15) is 51.6 Å². The van der Waals surface area contributed by atoms with Crippen molar-refractivity contribution < 1.29 is 48.2 Å². The molecule has 0 bridgehead atoms. The number of benzene rings is 5. The Morgan fingerprint density at radius 2 is 1.55 bits per heavy atom. The average molecular weight is 865 g/mol. The van der Waals surface area contributed by atoms with Gasteiger partial charge in [0, 0.05) is 17.7 Å². The molecule has 5 aromatic rings. The molecule has 8 rings (SSSR count). The number of nitrogens with one attached hydrogen (secondary N) is 1. The summed E-state index contributed by atoms with van der Waals surface area (Å²) in [7, 11) is 0. The van der Waals surface area contributed by atoms with Crippen molar-refractivity contribution in [3.05, 3.63) is 171 Å². The van der Waals surface area contributed by atoms with Crippen molar-refractivity contribution in [3.63, 3.8) is 0 Å². The van der Waals surface area contributed by atoms with E-state index < -0.39 is 77.0 Å². The lowest BCUT2D eigenvalue weighted by Gasteiger charge is -2.46. The minimum atomic E-state index is -2.19. The zero-order chi connectivity index (χ0) is 45.1. The van der Waals surface area contributed by atoms with Gasteiger partial charge in [-0.1, -0.05) is 84.6 Å². The lowest BCUT2D eigenvalue weighted by molar-refractivity contribution is -0.384. The quantitative estimate of drug-likeness (QED) is 0.0622. The van der Waals surface area contributed by atoms with Crippen LogP contribution in [-0.4, -0.2) is 70.6 Å². The first-order valence-corrected chi connectivity index (χ1v) is 20.1. The molecule has 64 heavy (non-hydrogen) atoms. The number of cyclic esters (lactones) is 1. The van der Waals surface area contributed by atoms with Crippen LogP contribution in [-0.2, 0) is 35.9 Å². The summed E-state index contributed by atoms with van der Waals surface area (Å²) >= 11 is 0. The second kappa shape index (κ2) is 17.7. The third-order valence-corrected chi connectivity index (χ3v) is 11.6. The Morgan fingerprint density at radius 3 is 2.20 bits per heavy atom. The number of aliphatic hydroxyl groups excluding tert-OH is 1. The maximum absolute atomic E-state index is 16.0. The number of rotatable bonds is 11. The van der Waals surface area contributed by atoms with Crippen molar-refractivity contribution in [3.8, 4) is 17.6 Å². The van der Waals surface area contributed by atoms with Crippen molar-refractivity contribution in [1.29, 1.82) is 0 Å². The molecule has 0 aromatic heterocycles. The molecule has 6 atom stereocenters. The number of fused-ring (bicyclic) bond motifs is 3. The van der Waals surface area contributed by atoms with Crippen molar-refractivity contribution in [1.82, 2.24) is 10.2 Å². The van der Waals surface area contributed by atoms with E-state index in [0.717, 1.165) is 4.90 Å². The second-order valence-corrected chi connectivity index (χ2v) is 15.2. The van der Waals surface area contributed by atoms with E-state index in [2.05, 4.69) is 17.2 Å². The molecule has 17 heteroatoms. The third-order valence-electron chi connectivity index (χ3n) is 11.6. The minimum absolute atomic E-state index is 0.00697. The highest BCUT2D eigenvalue weighted by atomic mass is 16.6. The number of primary amides is 2. The van der Waals surface area contributed by atoms with E-state index in [1.807, 2.05) is 36.4 Å². The highest BCUT2D eigenvalue weighted by Gasteiger charge is 2.75. The number of nitro benzene ring substituents is 1. The van der Waals surface area contributed by atoms with Gasteiger partial charge in [0.05, 0.1) is 41.8 Å². The smallest absolute Gasteiger partial charge is 0.421 e. The Labute approximate surface area is 365 Å². The molecule has 1 spiro atoms. The molecule has 5 amide bonds. The topological polar surface area (TPSA) is 247 Å². The first-order valence-electron chi connectivity index (χ1n) is 20.1. The number of carbonyl (C=O) groups is 5. The number of urea groups is 1. The largest absolute Gasteiger partial charge is 0.491 e. The Balaban J connectivity index is 1.38. The van der Waals surface area contributed by atoms with Crippen LogP contribution in [0.5, 0.6) is 5.75 Å². The number of anilines is 1. The molecule has 2 fully saturated rings. The van der Waals surface area contributed by atoms with E-state index in [-0.39, 0.29) is 36.7 Å². The van der Waals surface area contributed by atoms with Crippen molar-refractivity contribution in [2.24, 2.45) is 17.4 Å². The fraction of sp³-hybridized carbons (Fsp3) is 0.213. The predicted molar refractivity (Wildman–Crippen MR) is 228 cm³/mol. The van der Waals surface area contributed by atoms with Crippen LogP contribution in [0.2, 0.25) is 0 Å². The second-order valence-electron chi connectivity index (χ2n) is 15.2. The summed E-state index contributed by atoms with van der Waals surface area (Å²) < 4.78 is 17.9. The molecule has 3 aliphatic heterocycles. The van der Waals surface area contributed by atoms with Gasteiger partial charge in [-0.15, -0.1) is 0 Å². The molecule has 324 valence electrons. The number of carbonyl (C=O) groups excluding carboxylic acids is 5. The van der Waals surface area contributed by atoms with E-state index in [4.69, 9.17) is 25.7 Å². The molecule has 6 N–H and O–H groups in total. The Morgan fingerprint density at radius 1 is 0.859 bits per heavy atom. The molecular weight excluding hydrogens is 825 g/mol. The molecular formula is C47H40N6O11. The molecule has 0 unspecified atom stereocenters. The van der Waals surface area contributed by atoms with Gasteiger partial charge in [-0.05, 0) is 70.3 Å². The summed E-state index contributed by atoms with van der Waals surface area (Å²) in [6.07, 6.45) is -2.14. The molecule has 0 radical (unpaired) electrons. The van der Waals surface area contributed by atoms with Gasteiger partial charge in [0.1, 0.15) is 36.5 Å². The van der Waals surface area contributed by atoms with Crippen molar-refractivity contribution >= 4 is 41.3 Å². The average Bonchev–Trinajstić information content (AvgIpc) is 3.76. The zero-order valence-corrected chi connectivity index (χ0v) is 33.9. The van der Waals surface area contributed by atoms with Crippen LogP contribution < -0.4 is 26.4 Å². The Hall–Kier alpha value is -8.07.